The molecular weight excluding hydrogens is 394 g/mol. The van der Waals surface area contributed by atoms with Crippen LogP contribution in [0.25, 0.3) is 5.65 Å². The van der Waals surface area contributed by atoms with Crippen LogP contribution in [0.4, 0.5) is 5.69 Å². The van der Waals surface area contributed by atoms with Crippen molar-refractivity contribution in [1.29, 1.82) is 0 Å². The van der Waals surface area contributed by atoms with Gasteiger partial charge >= 0.3 is 0 Å². The molecular formula is C17H15BrClN3O2. The number of benzene rings is 1. The van der Waals surface area contributed by atoms with Crippen LogP contribution in [0, 0.1) is 13.8 Å². The molecule has 0 spiro atoms. The van der Waals surface area contributed by atoms with Crippen LogP contribution in [0.5, 0.6) is 5.75 Å². The number of methoxy groups -OCH3 is 1. The third-order valence-corrected chi connectivity index (χ3v) is 4.34. The fourth-order valence-electron chi connectivity index (χ4n) is 2.61. The first-order valence-corrected chi connectivity index (χ1v) is 8.37. The van der Waals surface area contributed by atoms with Crippen LogP contribution in [0.3, 0.4) is 0 Å². The lowest BCUT2D eigenvalue weighted by atomic mass is 10.2. The number of nitrogens with zero attached hydrogens (tertiary/aromatic N) is 2. The lowest BCUT2D eigenvalue weighted by molar-refractivity contribution is 0.102. The molecule has 2 heterocycles. The summed E-state index contributed by atoms with van der Waals surface area (Å²) in [4.78, 5) is 17.3. The first-order chi connectivity index (χ1) is 11.4. The van der Waals surface area contributed by atoms with Gasteiger partial charge < -0.3 is 10.1 Å². The summed E-state index contributed by atoms with van der Waals surface area (Å²) in [6.45, 7) is 3.76. The summed E-state index contributed by atoms with van der Waals surface area (Å²) < 4.78 is 7.92. The van der Waals surface area contributed by atoms with Crippen molar-refractivity contribution >= 4 is 44.8 Å². The standard InChI is InChI=1S/C17H15BrClN3O2/c1-9-6-11(18)8-22-15(10(2)20-16(9)22)17(23)21-13-7-12(19)4-5-14(13)24-3/h4-8H,1-3H3,(H,21,23). The van der Waals surface area contributed by atoms with Crippen LogP contribution in [-0.4, -0.2) is 22.4 Å². The molecule has 5 nitrogen and oxygen atoms in total. The van der Waals surface area contributed by atoms with E-state index in [1.165, 1.54) is 0 Å². The zero-order valence-corrected chi connectivity index (χ0v) is 15.7. The Hall–Kier alpha value is -2.05. The molecule has 2 aromatic heterocycles. The fraction of sp³-hybridized carbons (Fsp3) is 0.176. The Morgan fingerprint density at radius 3 is 2.79 bits per heavy atom. The van der Waals surface area contributed by atoms with Crippen LogP contribution in [-0.2, 0) is 0 Å². The first-order valence-electron chi connectivity index (χ1n) is 7.20. The molecule has 3 aromatic rings. The molecule has 0 aliphatic heterocycles. The van der Waals surface area contributed by atoms with E-state index < -0.39 is 0 Å². The van der Waals surface area contributed by atoms with Crippen LogP contribution in [0.2, 0.25) is 5.02 Å². The minimum Gasteiger partial charge on any atom is -0.495 e. The molecule has 1 N–H and O–H groups in total. The van der Waals surface area contributed by atoms with Crippen LogP contribution >= 0.6 is 27.5 Å². The summed E-state index contributed by atoms with van der Waals surface area (Å²) in [5.41, 5.74) is 3.35. The number of imidazole rings is 1. The van der Waals surface area contributed by atoms with E-state index in [0.29, 0.717) is 27.8 Å². The second kappa shape index (κ2) is 6.45. The average Bonchev–Trinajstić information content (AvgIpc) is 2.84. The van der Waals surface area contributed by atoms with E-state index >= 15 is 0 Å². The van der Waals surface area contributed by atoms with Gasteiger partial charge in [0, 0.05) is 15.7 Å². The van der Waals surface area contributed by atoms with E-state index in [1.807, 2.05) is 26.1 Å². The minimum absolute atomic E-state index is 0.280. The largest absolute Gasteiger partial charge is 0.495 e. The van der Waals surface area contributed by atoms with E-state index in [-0.39, 0.29) is 5.91 Å². The normalized spacial score (nSPS) is 10.9. The Labute approximate surface area is 152 Å². The van der Waals surface area contributed by atoms with Gasteiger partial charge in [0.25, 0.3) is 5.91 Å². The van der Waals surface area contributed by atoms with Gasteiger partial charge in [-0.05, 0) is 59.6 Å². The van der Waals surface area contributed by atoms with Gasteiger partial charge in [0.15, 0.2) is 0 Å². The molecule has 0 aliphatic carbocycles. The highest BCUT2D eigenvalue weighted by Crippen LogP contribution is 2.29. The lowest BCUT2D eigenvalue weighted by Crippen LogP contribution is -2.16. The maximum atomic E-state index is 12.8. The van der Waals surface area contributed by atoms with Crippen molar-refractivity contribution in [3.05, 3.63) is 56.9 Å². The predicted octanol–water partition coefficient (Wildman–Crippen LogP) is 4.63. The highest BCUT2D eigenvalue weighted by molar-refractivity contribution is 9.10. The molecule has 0 radical (unpaired) electrons. The number of amides is 1. The number of ether oxygens (including phenoxy) is 1. The second-order valence-electron chi connectivity index (χ2n) is 5.38. The lowest BCUT2D eigenvalue weighted by Gasteiger charge is -2.11. The van der Waals surface area contributed by atoms with Gasteiger partial charge in [-0.1, -0.05) is 11.6 Å². The number of carbonyl (C=O) groups is 1. The molecule has 0 atom stereocenters. The second-order valence-corrected chi connectivity index (χ2v) is 6.73. The number of nitrogens with one attached hydrogen (secondary N) is 1. The summed E-state index contributed by atoms with van der Waals surface area (Å²) in [7, 11) is 1.54. The number of anilines is 1. The van der Waals surface area contributed by atoms with Crippen molar-refractivity contribution in [2.75, 3.05) is 12.4 Å². The van der Waals surface area contributed by atoms with Crippen molar-refractivity contribution in [1.82, 2.24) is 9.38 Å². The summed E-state index contributed by atoms with van der Waals surface area (Å²) in [5, 5.41) is 3.37. The van der Waals surface area contributed by atoms with Gasteiger partial charge in [-0.25, -0.2) is 4.98 Å². The maximum Gasteiger partial charge on any atom is 0.274 e. The SMILES string of the molecule is COc1ccc(Cl)cc1NC(=O)c1c(C)nc2c(C)cc(Br)cn12. The Morgan fingerprint density at radius 2 is 2.08 bits per heavy atom. The molecule has 1 aromatic carbocycles. The summed E-state index contributed by atoms with van der Waals surface area (Å²) in [6, 6.07) is 7.03. The number of fused-ring (bicyclic) bond motifs is 1. The first kappa shape index (κ1) is 16.8. The number of aryl methyl sites for hydroxylation is 2. The number of carbonyl (C=O) groups excluding carboxylic acids is 1. The Kier molecular flexibility index (Phi) is 4.51. The highest BCUT2D eigenvalue weighted by Gasteiger charge is 2.19. The zero-order chi connectivity index (χ0) is 17.4. The molecule has 0 fully saturated rings. The maximum absolute atomic E-state index is 12.8. The smallest absolute Gasteiger partial charge is 0.274 e. The van der Waals surface area contributed by atoms with E-state index in [1.54, 1.807) is 29.7 Å². The predicted molar refractivity (Wildman–Crippen MR) is 98.3 cm³/mol. The molecule has 0 aliphatic rings. The van der Waals surface area contributed by atoms with Gasteiger partial charge in [-0.3, -0.25) is 9.20 Å². The van der Waals surface area contributed by atoms with Crippen LogP contribution < -0.4 is 10.1 Å². The third-order valence-electron chi connectivity index (χ3n) is 3.67. The molecule has 124 valence electrons. The van der Waals surface area contributed by atoms with Gasteiger partial charge in [-0.15, -0.1) is 0 Å². The van der Waals surface area contributed by atoms with Gasteiger partial charge in [0.1, 0.15) is 17.1 Å². The Balaban J connectivity index is 2.07. The third kappa shape index (κ3) is 2.99. The molecule has 7 heteroatoms. The Bertz CT molecular complexity index is 953. The van der Waals surface area contributed by atoms with E-state index in [4.69, 9.17) is 16.3 Å². The van der Waals surface area contributed by atoms with E-state index in [9.17, 15) is 4.79 Å². The number of pyridine rings is 1. The number of hydrogen-bond donors (Lipinski definition) is 1. The molecule has 0 unspecified atom stereocenters. The number of hydrogen-bond acceptors (Lipinski definition) is 3. The highest BCUT2D eigenvalue weighted by atomic mass is 79.9. The number of aromatic nitrogens is 2. The number of rotatable bonds is 3. The van der Waals surface area contributed by atoms with Crippen molar-refractivity contribution < 1.29 is 9.53 Å². The Morgan fingerprint density at radius 1 is 1.33 bits per heavy atom. The quantitative estimate of drug-likeness (QED) is 0.687. The topological polar surface area (TPSA) is 55.6 Å². The molecule has 0 saturated heterocycles. The monoisotopic (exact) mass is 407 g/mol. The van der Waals surface area contributed by atoms with E-state index in [2.05, 4.69) is 26.2 Å². The van der Waals surface area contributed by atoms with Crippen LogP contribution in [0.1, 0.15) is 21.7 Å². The molecule has 1 amide bonds. The fourth-order valence-corrected chi connectivity index (χ4v) is 3.34. The molecule has 0 saturated carbocycles. The van der Waals surface area contributed by atoms with Gasteiger partial charge in [-0.2, -0.15) is 0 Å². The zero-order valence-electron chi connectivity index (χ0n) is 13.4. The van der Waals surface area contributed by atoms with Gasteiger partial charge in [0.05, 0.1) is 18.5 Å². The van der Waals surface area contributed by atoms with Crippen molar-refractivity contribution in [3.63, 3.8) is 0 Å². The average molecular weight is 409 g/mol. The van der Waals surface area contributed by atoms with Crippen molar-refractivity contribution in [3.8, 4) is 5.75 Å². The van der Waals surface area contributed by atoms with Gasteiger partial charge in [0.2, 0.25) is 0 Å². The molecule has 3 rings (SSSR count). The minimum atomic E-state index is -0.280. The molecule has 0 bridgehead atoms. The number of halogens is 2. The van der Waals surface area contributed by atoms with E-state index in [0.717, 1.165) is 15.7 Å². The summed E-state index contributed by atoms with van der Waals surface area (Å²) in [6.07, 6.45) is 1.83. The summed E-state index contributed by atoms with van der Waals surface area (Å²) >= 11 is 9.48. The van der Waals surface area contributed by atoms with Crippen LogP contribution in [0.15, 0.2) is 34.9 Å². The molecule has 24 heavy (non-hydrogen) atoms. The van der Waals surface area contributed by atoms with Crippen molar-refractivity contribution in [2.45, 2.75) is 13.8 Å². The summed E-state index contributed by atoms with van der Waals surface area (Å²) in [5.74, 6) is 0.259. The van der Waals surface area contributed by atoms with Crippen molar-refractivity contribution in [2.24, 2.45) is 0 Å².